The maximum atomic E-state index is 12.0. The highest BCUT2D eigenvalue weighted by Gasteiger charge is 2.16. The number of aryl methyl sites for hydroxylation is 1. The van der Waals surface area contributed by atoms with Crippen molar-refractivity contribution < 1.29 is 14.5 Å². The number of hydrogen-bond acceptors (Lipinski definition) is 5. The van der Waals surface area contributed by atoms with E-state index < -0.39 is 6.04 Å². The molecule has 1 aromatic heterocycles. The van der Waals surface area contributed by atoms with Crippen molar-refractivity contribution in [1.82, 2.24) is 4.57 Å². The molecule has 7 heteroatoms. The molecule has 1 atom stereocenters. The van der Waals surface area contributed by atoms with E-state index in [4.69, 9.17) is 4.74 Å². The number of carbonyl (C=O) groups excluding carboxylic acids is 1. The zero-order valence-corrected chi connectivity index (χ0v) is 16.1. The lowest BCUT2D eigenvalue weighted by Crippen LogP contribution is -2.17. The van der Waals surface area contributed by atoms with Crippen LogP contribution in [-0.2, 0) is 17.7 Å². The fraction of sp³-hybridized carbons (Fsp3) is 0.273. The minimum absolute atomic E-state index is 0.272. The molecule has 0 radical (unpaired) electrons. The zero-order valence-electron chi connectivity index (χ0n) is 16.1. The maximum absolute atomic E-state index is 12.0. The third-order valence-corrected chi connectivity index (χ3v) is 4.72. The van der Waals surface area contributed by atoms with Gasteiger partial charge in [0.15, 0.2) is 0 Å². The second kappa shape index (κ2) is 9.02. The van der Waals surface area contributed by atoms with Gasteiger partial charge < -0.3 is 9.30 Å². The summed E-state index contributed by atoms with van der Waals surface area (Å²) in [5, 5.41) is 21.3. The second-order valence-corrected chi connectivity index (χ2v) is 6.90. The molecule has 2 aromatic carbocycles. The fourth-order valence-electron chi connectivity index (χ4n) is 3.27. The Morgan fingerprint density at radius 1 is 1.28 bits per heavy atom. The van der Waals surface area contributed by atoms with Gasteiger partial charge in [-0.2, -0.15) is 5.26 Å². The smallest absolute Gasteiger partial charge is 0.338 e. The number of carbonyl (C=O) groups is 1. The summed E-state index contributed by atoms with van der Waals surface area (Å²) in [6, 6.07) is 15.8. The SMILES string of the molecule is CC(Cc1cc(C#N)c2c(ccn2CCCOC(=O)c2ccccc2)c1)[N+](=O)[O-]. The standard InChI is InChI=1S/C22H21N3O4/c1-16(25(27)28)12-17-13-19-8-10-24(21(19)20(14-17)15-23)9-5-11-29-22(26)18-6-3-2-4-7-18/h2-4,6-8,10,13-14,16H,5,9,11-12H2,1H3. The molecule has 0 amide bonds. The van der Waals surface area contributed by atoms with Gasteiger partial charge in [-0.15, -0.1) is 0 Å². The molecule has 0 spiro atoms. The van der Waals surface area contributed by atoms with Crippen LogP contribution in [0.3, 0.4) is 0 Å². The Morgan fingerprint density at radius 2 is 2.03 bits per heavy atom. The number of nitro groups is 1. The van der Waals surface area contributed by atoms with E-state index in [9.17, 15) is 20.2 Å². The highest BCUT2D eigenvalue weighted by molar-refractivity contribution is 5.89. The average molecular weight is 391 g/mol. The fourth-order valence-corrected chi connectivity index (χ4v) is 3.27. The Labute approximate surface area is 168 Å². The minimum atomic E-state index is -0.708. The topological polar surface area (TPSA) is 98.2 Å². The zero-order chi connectivity index (χ0) is 20.8. The van der Waals surface area contributed by atoms with Crippen molar-refractivity contribution in [1.29, 1.82) is 5.26 Å². The number of nitrogens with zero attached hydrogens (tertiary/aromatic N) is 3. The van der Waals surface area contributed by atoms with Crippen LogP contribution >= 0.6 is 0 Å². The molecular formula is C22H21N3O4. The third-order valence-electron chi connectivity index (χ3n) is 4.72. The van der Waals surface area contributed by atoms with Crippen LogP contribution < -0.4 is 0 Å². The predicted molar refractivity (Wildman–Crippen MR) is 108 cm³/mol. The number of fused-ring (bicyclic) bond motifs is 1. The van der Waals surface area contributed by atoms with E-state index in [2.05, 4.69) is 6.07 Å². The summed E-state index contributed by atoms with van der Waals surface area (Å²) in [7, 11) is 0. The maximum Gasteiger partial charge on any atom is 0.338 e. The summed E-state index contributed by atoms with van der Waals surface area (Å²) in [6.07, 6.45) is 2.76. The van der Waals surface area contributed by atoms with E-state index >= 15 is 0 Å². The molecule has 7 nitrogen and oxygen atoms in total. The monoisotopic (exact) mass is 391 g/mol. The first kappa shape index (κ1) is 20.1. The number of hydrogen-bond donors (Lipinski definition) is 0. The van der Waals surface area contributed by atoms with Crippen LogP contribution in [0, 0.1) is 21.4 Å². The Balaban J connectivity index is 1.66. The van der Waals surface area contributed by atoms with E-state index in [1.807, 2.05) is 29.0 Å². The molecule has 1 unspecified atom stereocenters. The van der Waals surface area contributed by atoms with Gasteiger partial charge in [-0.3, -0.25) is 10.1 Å². The van der Waals surface area contributed by atoms with Crippen LogP contribution in [0.2, 0.25) is 0 Å². The van der Waals surface area contributed by atoms with Crippen LogP contribution in [0.15, 0.2) is 54.7 Å². The Hall–Kier alpha value is -3.66. The Bertz CT molecular complexity index is 1070. The normalized spacial score (nSPS) is 11.7. The summed E-state index contributed by atoms with van der Waals surface area (Å²) in [5.74, 6) is -0.356. The van der Waals surface area contributed by atoms with Crippen LogP contribution in [0.25, 0.3) is 10.9 Å². The molecule has 0 fully saturated rings. The van der Waals surface area contributed by atoms with Crippen molar-refractivity contribution in [2.24, 2.45) is 0 Å². The van der Waals surface area contributed by atoms with Crippen molar-refractivity contribution >= 4 is 16.9 Å². The first-order valence-corrected chi connectivity index (χ1v) is 9.37. The molecule has 0 aliphatic heterocycles. The lowest BCUT2D eigenvalue weighted by molar-refractivity contribution is -0.517. The molecule has 0 N–H and O–H groups in total. The minimum Gasteiger partial charge on any atom is -0.462 e. The largest absolute Gasteiger partial charge is 0.462 e. The Morgan fingerprint density at radius 3 is 2.72 bits per heavy atom. The molecule has 0 bridgehead atoms. The molecular weight excluding hydrogens is 370 g/mol. The van der Waals surface area contributed by atoms with Gasteiger partial charge in [0.05, 0.1) is 23.3 Å². The predicted octanol–water partition coefficient (Wildman–Crippen LogP) is 3.97. The van der Waals surface area contributed by atoms with Crippen molar-refractivity contribution in [3.8, 4) is 6.07 Å². The van der Waals surface area contributed by atoms with E-state index in [1.54, 1.807) is 37.3 Å². The Kier molecular flexibility index (Phi) is 6.25. The highest BCUT2D eigenvalue weighted by Crippen LogP contribution is 2.24. The molecule has 0 saturated heterocycles. The number of benzene rings is 2. The van der Waals surface area contributed by atoms with Gasteiger partial charge in [-0.1, -0.05) is 18.2 Å². The van der Waals surface area contributed by atoms with Crippen LogP contribution in [0.1, 0.15) is 34.8 Å². The van der Waals surface area contributed by atoms with Crippen molar-refractivity contribution in [3.05, 3.63) is 81.5 Å². The molecule has 3 rings (SSSR count). The van der Waals surface area contributed by atoms with Crippen LogP contribution in [-0.4, -0.2) is 28.1 Å². The van der Waals surface area contributed by atoms with Gasteiger partial charge in [-0.25, -0.2) is 4.79 Å². The molecule has 0 aliphatic carbocycles. The van der Waals surface area contributed by atoms with Gasteiger partial charge >= 0.3 is 5.97 Å². The number of esters is 1. The van der Waals surface area contributed by atoms with E-state index in [-0.39, 0.29) is 23.9 Å². The number of rotatable bonds is 8. The van der Waals surface area contributed by atoms with E-state index in [0.29, 0.717) is 24.1 Å². The molecule has 1 heterocycles. The lowest BCUT2D eigenvalue weighted by atomic mass is 10.0. The molecule has 0 saturated carbocycles. The highest BCUT2D eigenvalue weighted by atomic mass is 16.6. The summed E-state index contributed by atoms with van der Waals surface area (Å²) in [5.41, 5.74) is 2.56. The van der Waals surface area contributed by atoms with Gasteiger partial charge in [0.25, 0.3) is 0 Å². The molecule has 29 heavy (non-hydrogen) atoms. The first-order valence-electron chi connectivity index (χ1n) is 9.37. The number of nitriles is 1. The second-order valence-electron chi connectivity index (χ2n) is 6.90. The van der Waals surface area contributed by atoms with Gasteiger partial charge in [-0.05, 0) is 42.3 Å². The van der Waals surface area contributed by atoms with Crippen LogP contribution in [0.5, 0.6) is 0 Å². The summed E-state index contributed by atoms with van der Waals surface area (Å²) < 4.78 is 7.25. The van der Waals surface area contributed by atoms with Gasteiger partial charge in [0, 0.05) is 36.4 Å². The van der Waals surface area contributed by atoms with Crippen molar-refractivity contribution in [2.75, 3.05) is 6.61 Å². The number of aromatic nitrogens is 1. The quantitative estimate of drug-likeness (QED) is 0.250. The third kappa shape index (κ3) is 4.79. The average Bonchev–Trinajstić information content (AvgIpc) is 3.14. The lowest BCUT2D eigenvalue weighted by Gasteiger charge is -2.10. The molecule has 148 valence electrons. The van der Waals surface area contributed by atoms with E-state index in [0.717, 1.165) is 16.5 Å². The first-order chi connectivity index (χ1) is 14.0. The van der Waals surface area contributed by atoms with Gasteiger partial charge in [0.2, 0.25) is 6.04 Å². The van der Waals surface area contributed by atoms with E-state index in [1.165, 1.54) is 0 Å². The summed E-state index contributed by atoms with van der Waals surface area (Å²) >= 11 is 0. The number of ether oxygens (including phenoxy) is 1. The summed E-state index contributed by atoms with van der Waals surface area (Å²) in [6.45, 7) is 2.41. The van der Waals surface area contributed by atoms with Gasteiger partial charge in [0.1, 0.15) is 6.07 Å². The van der Waals surface area contributed by atoms with Crippen LogP contribution in [0.4, 0.5) is 0 Å². The van der Waals surface area contributed by atoms with Crippen molar-refractivity contribution in [3.63, 3.8) is 0 Å². The molecule has 3 aromatic rings. The summed E-state index contributed by atoms with van der Waals surface area (Å²) in [4.78, 5) is 22.6. The van der Waals surface area contributed by atoms with Crippen molar-refractivity contribution in [2.45, 2.75) is 32.4 Å². The molecule has 0 aliphatic rings.